The van der Waals surface area contributed by atoms with E-state index in [0.717, 1.165) is 25.9 Å². The van der Waals surface area contributed by atoms with E-state index < -0.39 is 10.0 Å². The second kappa shape index (κ2) is 6.46. The van der Waals surface area contributed by atoms with Crippen LogP contribution in [0.2, 0.25) is 0 Å². The molecule has 21 heavy (non-hydrogen) atoms. The fraction of sp³-hybridized carbons (Fsp3) is 0.786. The van der Waals surface area contributed by atoms with Crippen molar-refractivity contribution in [2.24, 2.45) is 0 Å². The van der Waals surface area contributed by atoms with Crippen molar-refractivity contribution < 1.29 is 8.42 Å². The normalized spacial score (nSPS) is 22.6. The average Bonchev–Trinajstić information content (AvgIpc) is 2.84. The maximum Gasteiger partial charge on any atom is 0.262 e. The van der Waals surface area contributed by atoms with E-state index in [1.54, 1.807) is 16.8 Å². The molecule has 0 aliphatic carbocycles. The zero-order valence-electron chi connectivity index (χ0n) is 13.4. The predicted molar refractivity (Wildman–Crippen MR) is 82.7 cm³/mol. The van der Waals surface area contributed by atoms with Gasteiger partial charge >= 0.3 is 0 Å². The highest BCUT2D eigenvalue weighted by Crippen LogP contribution is 2.22. The summed E-state index contributed by atoms with van der Waals surface area (Å²) in [6.07, 6.45) is 4.91. The number of aromatic nitrogens is 2. The summed E-state index contributed by atoms with van der Waals surface area (Å²) in [5.74, 6) is 0. The Balaban J connectivity index is 2.31. The van der Waals surface area contributed by atoms with Gasteiger partial charge in [-0.2, -0.15) is 4.31 Å². The van der Waals surface area contributed by atoms with Gasteiger partial charge in [0.15, 0.2) is 5.03 Å². The maximum absolute atomic E-state index is 12.9. The Bertz CT molecular complexity index is 567. The zero-order chi connectivity index (χ0) is 15.6. The molecule has 1 aromatic heterocycles. The third-order valence-electron chi connectivity index (χ3n) is 4.07. The lowest BCUT2D eigenvalue weighted by Crippen LogP contribution is -2.43. The Labute approximate surface area is 127 Å². The highest BCUT2D eigenvalue weighted by Gasteiger charge is 2.34. The number of hydrogen-bond acceptors (Lipinski definition) is 4. The predicted octanol–water partition coefficient (Wildman–Crippen LogP) is 1.57. The molecule has 0 N–H and O–H groups in total. The maximum atomic E-state index is 12.9. The Hall–Kier alpha value is -0.920. The summed E-state index contributed by atoms with van der Waals surface area (Å²) in [6.45, 7) is 8.34. The van der Waals surface area contributed by atoms with Crippen LogP contribution in [0.15, 0.2) is 17.6 Å². The van der Waals surface area contributed by atoms with Gasteiger partial charge in [0.2, 0.25) is 0 Å². The molecule has 1 atom stereocenters. The van der Waals surface area contributed by atoms with E-state index in [4.69, 9.17) is 0 Å². The van der Waals surface area contributed by atoms with Gasteiger partial charge in [0.05, 0.1) is 6.33 Å². The molecule has 1 fully saturated rings. The Morgan fingerprint density at radius 1 is 1.38 bits per heavy atom. The summed E-state index contributed by atoms with van der Waals surface area (Å²) in [5.41, 5.74) is 0. The zero-order valence-corrected chi connectivity index (χ0v) is 14.2. The number of likely N-dealkylation sites (N-methyl/N-ethyl adjacent to an activating group) is 1. The lowest BCUT2D eigenvalue weighted by molar-refractivity contribution is 0.270. The fourth-order valence-electron chi connectivity index (χ4n) is 2.72. The van der Waals surface area contributed by atoms with E-state index in [9.17, 15) is 8.42 Å². The lowest BCUT2D eigenvalue weighted by Gasteiger charge is -2.28. The molecule has 2 rings (SSSR count). The summed E-state index contributed by atoms with van der Waals surface area (Å²) in [4.78, 5) is 6.33. The third-order valence-corrected chi connectivity index (χ3v) is 5.90. The molecule has 6 nitrogen and oxygen atoms in total. The molecule has 1 aliphatic heterocycles. The SMILES string of the molecule is CCC1CN(C)CCCN1S(=O)(=O)c1cn(C(C)C)cn1. The topological polar surface area (TPSA) is 58.4 Å². The number of sulfonamides is 1. The number of hydrogen-bond donors (Lipinski definition) is 0. The monoisotopic (exact) mass is 314 g/mol. The van der Waals surface area contributed by atoms with Gasteiger partial charge in [-0.1, -0.05) is 6.92 Å². The van der Waals surface area contributed by atoms with Crippen LogP contribution in [0.4, 0.5) is 0 Å². The highest BCUT2D eigenvalue weighted by atomic mass is 32.2. The molecule has 1 aliphatic rings. The van der Waals surface area contributed by atoms with Crippen molar-refractivity contribution in [2.45, 2.75) is 50.7 Å². The van der Waals surface area contributed by atoms with E-state index in [-0.39, 0.29) is 17.1 Å². The second-order valence-electron chi connectivity index (χ2n) is 6.05. The molecule has 1 aromatic rings. The van der Waals surface area contributed by atoms with Crippen molar-refractivity contribution >= 4 is 10.0 Å². The van der Waals surface area contributed by atoms with E-state index in [0.29, 0.717) is 6.54 Å². The largest absolute Gasteiger partial charge is 0.334 e. The first-order valence-corrected chi connectivity index (χ1v) is 9.04. The summed E-state index contributed by atoms with van der Waals surface area (Å²) in [7, 11) is -1.46. The molecule has 2 heterocycles. The van der Waals surface area contributed by atoms with Crippen LogP contribution in [0.1, 0.15) is 39.7 Å². The summed E-state index contributed by atoms with van der Waals surface area (Å²) >= 11 is 0. The molecular weight excluding hydrogens is 288 g/mol. The Morgan fingerprint density at radius 3 is 2.67 bits per heavy atom. The van der Waals surface area contributed by atoms with Crippen LogP contribution in [0, 0.1) is 0 Å². The van der Waals surface area contributed by atoms with Crippen LogP contribution in [0.3, 0.4) is 0 Å². The minimum Gasteiger partial charge on any atom is -0.334 e. The first kappa shape index (κ1) is 16.5. The Kier molecular flexibility index (Phi) is 5.06. The molecule has 120 valence electrons. The van der Waals surface area contributed by atoms with Gasteiger partial charge in [0.1, 0.15) is 0 Å². The van der Waals surface area contributed by atoms with E-state index in [1.807, 2.05) is 32.4 Å². The van der Waals surface area contributed by atoms with E-state index >= 15 is 0 Å². The van der Waals surface area contributed by atoms with Crippen molar-refractivity contribution in [3.05, 3.63) is 12.5 Å². The first-order valence-electron chi connectivity index (χ1n) is 7.60. The van der Waals surface area contributed by atoms with Crippen LogP contribution in [-0.4, -0.2) is 59.9 Å². The summed E-state index contributed by atoms with van der Waals surface area (Å²) in [6, 6.07) is 0.227. The average molecular weight is 314 g/mol. The summed E-state index contributed by atoms with van der Waals surface area (Å²) < 4.78 is 29.2. The third kappa shape index (κ3) is 3.46. The molecule has 0 bridgehead atoms. The molecule has 0 amide bonds. The molecule has 0 spiro atoms. The van der Waals surface area contributed by atoms with Crippen LogP contribution >= 0.6 is 0 Å². The van der Waals surface area contributed by atoms with Gasteiger partial charge in [-0.05, 0) is 40.3 Å². The van der Waals surface area contributed by atoms with Crippen molar-refractivity contribution in [3.63, 3.8) is 0 Å². The standard InChI is InChI=1S/C14H26N4O2S/c1-5-13-9-16(4)7-6-8-18(13)21(19,20)14-10-17(11-15-14)12(2)3/h10-13H,5-9H2,1-4H3. The fourth-order valence-corrected chi connectivity index (χ4v) is 4.38. The van der Waals surface area contributed by atoms with Crippen molar-refractivity contribution in [1.29, 1.82) is 0 Å². The molecule has 1 saturated heterocycles. The summed E-state index contributed by atoms with van der Waals surface area (Å²) in [5, 5.41) is 0.166. The highest BCUT2D eigenvalue weighted by molar-refractivity contribution is 7.89. The van der Waals surface area contributed by atoms with Gasteiger partial charge < -0.3 is 9.47 Å². The van der Waals surface area contributed by atoms with Crippen molar-refractivity contribution in [3.8, 4) is 0 Å². The van der Waals surface area contributed by atoms with Gasteiger partial charge in [0.25, 0.3) is 10.0 Å². The van der Waals surface area contributed by atoms with Crippen LogP contribution < -0.4 is 0 Å². The molecule has 0 radical (unpaired) electrons. The lowest BCUT2D eigenvalue weighted by atomic mass is 10.2. The quantitative estimate of drug-likeness (QED) is 0.846. The van der Waals surface area contributed by atoms with Gasteiger partial charge in [-0.3, -0.25) is 0 Å². The smallest absolute Gasteiger partial charge is 0.262 e. The van der Waals surface area contributed by atoms with E-state index in [2.05, 4.69) is 9.88 Å². The van der Waals surface area contributed by atoms with Gasteiger partial charge in [-0.15, -0.1) is 0 Å². The van der Waals surface area contributed by atoms with Crippen molar-refractivity contribution in [1.82, 2.24) is 18.8 Å². The van der Waals surface area contributed by atoms with Crippen LogP contribution in [0.5, 0.6) is 0 Å². The van der Waals surface area contributed by atoms with Gasteiger partial charge in [0, 0.05) is 31.4 Å². The second-order valence-corrected chi connectivity index (χ2v) is 7.88. The molecule has 1 unspecified atom stereocenters. The molecule has 0 aromatic carbocycles. The molecule has 7 heteroatoms. The number of imidazole rings is 1. The number of nitrogens with zero attached hydrogens (tertiary/aromatic N) is 4. The molecular formula is C14H26N4O2S. The van der Waals surface area contributed by atoms with Crippen molar-refractivity contribution in [2.75, 3.05) is 26.7 Å². The first-order chi connectivity index (χ1) is 9.86. The minimum atomic E-state index is -3.51. The minimum absolute atomic E-state index is 0.0201. The Morgan fingerprint density at radius 2 is 2.10 bits per heavy atom. The van der Waals surface area contributed by atoms with E-state index in [1.165, 1.54) is 0 Å². The van der Waals surface area contributed by atoms with Gasteiger partial charge in [-0.25, -0.2) is 13.4 Å². The molecule has 0 saturated carbocycles. The van der Waals surface area contributed by atoms with Crippen LogP contribution in [0.25, 0.3) is 0 Å². The number of rotatable bonds is 4. The van der Waals surface area contributed by atoms with Crippen LogP contribution in [-0.2, 0) is 10.0 Å².